The van der Waals surface area contributed by atoms with Crippen molar-refractivity contribution >= 4 is 11.8 Å². The molecule has 0 heterocycles. The summed E-state index contributed by atoms with van der Waals surface area (Å²) in [5.41, 5.74) is 2.94. The van der Waals surface area contributed by atoms with Gasteiger partial charge < -0.3 is 10.2 Å². The third-order valence-electron chi connectivity index (χ3n) is 4.25. The molecule has 0 aromatic heterocycles. The van der Waals surface area contributed by atoms with Gasteiger partial charge in [-0.25, -0.2) is 0 Å². The van der Waals surface area contributed by atoms with Crippen LogP contribution in [0.4, 0.5) is 0 Å². The second-order valence-corrected chi connectivity index (χ2v) is 6.28. The summed E-state index contributed by atoms with van der Waals surface area (Å²) >= 11 is 0. The van der Waals surface area contributed by atoms with Crippen LogP contribution in [-0.2, 0) is 11.3 Å². The Bertz CT molecular complexity index is 713. The SMILES string of the molecule is CCN(Cc1ccccc1C)C(=O)CC(C)NC(=O)c1ccccc1. The Hall–Kier alpha value is -2.62. The molecule has 1 atom stereocenters. The lowest BCUT2D eigenvalue weighted by Crippen LogP contribution is -2.39. The average Bonchev–Trinajstić information content (AvgIpc) is 2.61. The minimum absolute atomic E-state index is 0.0478. The maximum absolute atomic E-state index is 12.6. The maximum Gasteiger partial charge on any atom is 0.251 e. The average molecular weight is 338 g/mol. The van der Waals surface area contributed by atoms with Crippen LogP contribution in [0, 0.1) is 6.92 Å². The molecule has 0 spiro atoms. The summed E-state index contributed by atoms with van der Waals surface area (Å²) in [6, 6.07) is 16.9. The molecule has 2 aromatic carbocycles. The van der Waals surface area contributed by atoms with Crippen LogP contribution in [-0.4, -0.2) is 29.3 Å². The van der Waals surface area contributed by atoms with Gasteiger partial charge in [-0.3, -0.25) is 9.59 Å². The molecule has 2 rings (SSSR count). The van der Waals surface area contributed by atoms with E-state index < -0.39 is 0 Å². The number of aryl methyl sites for hydroxylation is 1. The van der Waals surface area contributed by atoms with Crippen molar-refractivity contribution in [3.05, 3.63) is 71.3 Å². The summed E-state index contributed by atoms with van der Waals surface area (Å²) in [5.74, 6) is -0.102. The minimum atomic E-state index is -0.217. The molecule has 0 aliphatic rings. The maximum atomic E-state index is 12.6. The van der Waals surface area contributed by atoms with Gasteiger partial charge in [0.2, 0.25) is 5.91 Å². The number of nitrogens with zero attached hydrogens (tertiary/aromatic N) is 1. The van der Waals surface area contributed by atoms with Crippen molar-refractivity contribution in [3.63, 3.8) is 0 Å². The molecule has 0 saturated heterocycles. The Morgan fingerprint density at radius 2 is 1.68 bits per heavy atom. The summed E-state index contributed by atoms with van der Waals surface area (Å²) in [6.07, 6.45) is 0.290. The Balaban J connectivity index is 1.92. The fraction of sp³-hybridized carbons (Fsp3) is 0.333. The van der Waals surface area contributed by atoms with Crippen molar-refractivity contribution in [3.8, 4) is 0 Å². The van der Waals surface area contributed by atoms with E-state index >= 15 is 0 Å². The normalized spacial score (nSPS) is 11.6. The summed E-state index contributed by atoms with van der Waals surface area (Å²) < 4.78 is 0. The van der Waals surface area contributed by atoms with E-state index in [-0.39, 0.29) is 24.3 Å². The second-order valence-electron chi connectivity index (χ2n) is 6.28. The fourth-order valence-corrected chi connectivity index (χ4v) is 2.71. The van der Waals surface area contributed by atoms with Crippen LogP contribution in [0.2, 0.25) is 0 Å². The molecule has 0 aliphatic heterocycles. The lowest BCUT2D eigenvalue weighted by Gasteiger charge is -2.24. The Labute approximate surface area is 149 Å². The highest BCUT2D eigenvalue weighted by atomic mass is 16.2. The number of carbonyl (C=O) groups excluding carboxylic acids is 2. The number of hydrogen-bond acceptors (Lipinski definition) is 2. The molecular formula is C21H26N2O2. The molecule has 0 bridgehead atoms. The summed E-state index contributed by atoms with van der Waals surface area (Å²) in [7, 11) is 0. The first-order chi connectivity index (χ1) is 12.0. The molecule has 2 amide bonds. The minimum Gasteiger partial charge on any atom is -0.349 e. The quantitative estimate of drug-likeness (QED) is 0.839. The largest absolute Gasteiger partial charge is 0.349 e. The topological polar surface area (TPSA) is 49.4 Å². The van der Waals surface area contributed by atoms with Crippen molar-refractivity contribution in [2.24, 2.45) is 0 Å². The molecule has 4 heteroatoms. The van der Waals surface area contributed by atoms with E-state index in [1.54, 1.807) is 12.1 Å². The fourth-order valence-electron chi connectivity index (χ4n) is 2.71. The van der Waals surface area contributed by atoms with Crippen LogP contribution in [0.5, 0.6) is 0 Å². The molecule has 0 radical (unpaired) electrons. The third kappa shape index (κ3) is 5.45. The Kier molecular flexibility index (Phi) is 6.75. The molecule has 0 aliphatic carbocycles. The molecule has 25 heavy (non-hydrogen) atoms. The van der Waals surface area contributed by atoms with Gasteiger partial charge in [-0.1, -0.05) is 42.5 Å². The molecule has 0 fully saturated rings. The number of rotatable bonds is 7. The lowest BCUT2D eigenvalue weighted by molar-refractivity contribution is -0.132. The van der Waals surface area contributed by atoms with Gasteiger partial charge in [0.1, 0.15) is 0 Å². The zero-order valence-corrected chi connectivity index (χ0v) is 15.2. The van der Waals surface area contributed by atoms with E-state index in [4.69, 9.17) is 0 Å². The van der Waals surface area contributed by atoms with Gasteiger partial charge in [0.25, 0.3) is 5.91 Å². The molecular weight excluding hydrogens is 312 g/mol. The first-order valence-corrected chi connectivity index (χ1v) is 8.69. The molecule has 132 valence electrons. The molecule has 0 saturated carbocycles. The zero-order valence-electron chi connectivity index (χ0n) is 15.2. The van der Waals surface area contributed by atoms with E-state index in [0.717, 1.165) is 5.56 Å². The van der Waals surface area contributed by atoms with Gasteiger partial charge >= 0.3 is 0 Å². The van der Waals surface area contributed by atoms with Crippen molar-refractivity contribution in [1.29, 1.82) is 0 Å². The number of carbonyl (C=O) groups is 2. The van der Waals surface area contributed by atoms with Gasteiger partial charge in [-0.2, -0.15) is 0 Å². The van der Waals surface area contributed by atoms with Crippen LogP contribution < -0.4 is 5.32 Å². The second kappa shape index (κ2) is 9.02. The molecule has 2 aromatic rings. The van der Waals surface area contributed by atoms with Crippen LogP contribution in [0.25, 0.3) is 0 Å². The van der Waals surface area contributed by atoms with Crippen LogP contribution in [0.1, 0.15) is 41.8 Å². The highest BCUT2D eigenvalue weighted by Crippen LogP contribution is 2.12. The number of nitrogens with one attached hydrogen (secondary N) is 1. The van der Waals surface area contributed by atoms with Crippen molar-refractivity contribution in [2.45, 2.75) is 39.8 Å². The van der Waals surface area contributed by atoms with Gasteiger partial charge in [-0.05, 0) is 44.0 Å². The molecule has 4 nitrogen and oxygen atoms in total. The Morgan fingerprint density at radius 3 is 2.32 bits per heavy atom. The van der Waals surface area contributed by atoms with E-state index in [9.17, 15) is 9.59 Å². The standard InChI is InChI=1S/C21H26N2O2/c1-4-23(15-19-13-9-8-10-16(19)2)20(24)14-17(3)22-21(25)18-11-6-5-7-12-18/h5-13,17H,4,14-15H2,1-3H3,(H,22,25). The van der Waals surface area contributed by atoms with E-state index in [2.05, 4.69) is 18.3 Å². The Morgan fingerprint density at radius 1 is 1.04 bits per heavy atom. The number of benzene rings is 2. The van der Waals surface area contributed by atoms with Gasteiger partial charge in [0.05, 0.1) is 0 Å². The van der Waals surface area contributed by atoms with E-state index in [1.165, 1.54) is 5.56 Å². The molecule has 1 N–H and O–H groups in total. The summed E-state index contributed by atoms with van der Waals surface area (Å²) in [5, 5.41) is 2.89. The van der Waals surface area contributed by atoms with Crippen molar-refractivity contribution < 1.29 is 9.59 Å². The van der Waals surface area contributed by atoms with Gasteiger partial charge in [0.15, 0.2) is 0 Å². The van der Waals surface area contributed by atoms with Gasteiger partial charge in [0, 0.05) is 31.1 Å². The monoisotopic (exact) mass is 338 g/mol. The van der Waals surface area contributed by atoms with Crippen molar-refractivity contribution in [1.82, 2.24) is 10.2 Å². The third-order valence-corrected chi connectivity index (χ3v) is 4.25. The predicted octanol–water partition coefficient (Wildman–Crippen LogP) is 3.55. The summed E-state index contributed by atoms with van der Waals surface area (Å²) in [4.78, 5) is 26.6. The zero-order chi connectivity index (χ0) is 18.2. The highest BCUT2D eigenvalue weighted by molar-refractivity contribution is 5.94. The highest BCUT2D eigenvalue weighted by Gasteiger charge is 2.18. The summed E-state index contributed by atoms with van der Waals surface area (Å²) in [6.45, 7) is 7.13. The number of hydrogen-bond donors (Lipinski definition) is 1. The first-order valence-electron chi connectivity index (χ1n) is 8.69. The lowest BCUT2D eigenvalue weighted by atomic mass is 10.1. The van der Waals surface area contributed by atoms with Crippen LogP contribution >= 0.6 is 0 Å². The first kappa shape index (κ1) is 18.7. The predicted molar refractivity (Wildman–Crippen MR) is 100 cm³/mol. The smallest absolute Gasteiger partial charge is 0.251 e. The van der Waals surface area contributed by atoms with Gasteiger partial charge in [-0.15, -0.1) is 0 Å². The number of amides is 2. The van der Waals surface area contributed by atoms with Crippen molar-refractivity contribution in [2.75, 3.05) is 6.54 Å². The van der Waals surface area contributed by atoms with Crippen LogP contribution in [0.15, 0.2) is 54.6 Å². The van der Waals surface area contributed by atoms with Crippen LogP contribution in [0.3, 0.4) is 0 Å². The van der Waals surface area contributed by atoms with E-state index in [0.29, 0.717) is 18.7 Å². The molecule has 1 unspecified atom stereocenters. The van der Waals surface area contributed by atoms with E-state index in [1.807, 2.05) is 55.1 Å².